The molecular weight excluding hydrogens is 577 g/mol. The van der Waals surface area contributed by atoms with Gasteiger partial charge in [0, 0.05) is 0 Å². The Morgan fingerprint density at radius 2 is 0.706 bits per heavy atom. The molecule has 0 aromatic carbocycles. The van der Waals surface area contributed by atoms with Crippen LogP contribution < -0.4 is 0 Å². The average molecular weight is 580 g/mol. The lowest BCUT2D eigenvalue weighted by Gasteiger charge is -2.43. The highest BCUT2D eigenvalue weighted by Gasteiger charge is 2.96. The Morgan fingerprint density at radius 3 is 0.941 bits per heavy atom. The van der Waals surface area contributed by atoms with Crippen LogP contribution >= 0.6 is 0 Å². The van der Waals surface area contributed by atoms with Gasteiger partial charge in [-0.2, -0.15) is 91.8 Å². The van der Waals surface area contributed by atoms with Crippen LogP contribution in [0.1, 0.15) is 0 Å². The third-order valence-corrected chi connectivity index (χ3v) is 3.99. The zero-order valence-electron chi connectivity index (χ0n) is 14.5. The molecule has 1 N–H and O–H groups in total. The third kappa shape index (κ3) is 4.43. The maximum absolute atomic E-state index is 13.3. The number of rotatable bonds is 10. The average Bonchev–Trinajstić information content (AvgIpc) is 2.57. The molecule has 0 spiro atoms. The van der Waals surface area contributed by atoms with Crippen LogP contribution in [0.3, 0.4) is 0 Å². The lowest BCUT2D eigenvalue weighted by molar-refractivity contribution is -0.469. The van der Waals surface area contributed by atoms with Crippen LogP contribution in [0.5, 0.6) is 0 Å². The monoisotopic (exact) mass is 580 g/mol. The Morgan fingerprint density at radius 1 is 0.471 bits per heavy atom. The van der Waals surface area contributed by atoms with Crippen molar-refractivity contribution in [1.82, 2.24) is 0 Å². The van der Waals surface area contributed by atoms with Crippen LogP contribution in [-0.4, -0.2) is 73.1 Å². The molecule has 0 unspecified atom stereocenters. The summed E-state index contributed by atoms with van der Waals surface area (Å²) in [6.45, 7) is -3.82. The van der Waals surface area contributed by atoms with Crippen LogP contribution in [0.2, 0.25) is 0 Å². The van der Waals surface area contributed by atoms with Gasteiger partial charge in [-0.15, -0.1) is 0 Å². The molecule has 4 nitrogen and oxygen atoms in total. The van der Waals surface area contributed by atoms with E-state index in [9.17, 15) is 91.8 Å². The van der Waals surface area contributed by atoms with Gasteiger partial charge in [0.05, 0.1) is 0 Å². The van der Waals surface area contributed by atoms with Gasteiger partial charge >= 0.3 is 64.0 Å². The van der Waals surface area contributed by atoms with Crippen molar-refractivity contribution in [1.29, 1.82) is 0 Å². The van der Waals surface area contributed by atoms with E-state index < -0.39 is 70.6 Å². The maximum atomic E-state index is 13.3. The quantitative estimate of drug-likeness (QED) is 0.276. The minimum Gasteiger partial charge on any atom is -0.264 e. The third-order valence-electron chi connectivity index (χ3n) is 3.57. The molecule has 0 radical (unpaired) electrons. The second kappa shape index (κ2) is 8.03. The highest BCUT2D eigenvalue weighted by Crippen LogP contribution is 2.65. The molecule has 0 rings (SSSR count). The minimum atomic E-state index is -9.08. The fourth-order valence-electron chi connectivity index (χ4n) is 1.63. The van der Waals surface area contributed by atoms with Gasteiger partial charge in [0.15, 0.2) is 0 Å². The first-order valence-corrected chi connectivity index (χ1v) is 8.28. The van der Waals surface area contributed by atoms with E-state index in [1.807, 2.05) is 0 Å². The van der Waals surface area contributed by atoms with Gasteiger partial charge in [0.1, 0.15) is 6.61 Å². The fourth-order valence-corrected chi connectivity index (χ4v) is 1.93. The highest BCUT2D eigenvalue weighted by molar-refractivity contribution is 7.80. The molecule has 0 fully saturated rings. The Hall–Kier alpha value is -1.46. The van der Waals surface area contributed by atoms with Gasteiger partial charge in [-0.3, -0.25) is 4.55 Å². The van der Waals surface area contributed by atoms with Crippen molar-refractivity contribution in [2.75, 3.05) is 6.61 Å². The first-order chi connectivity index (χ1) is 14.2. The number of hydrogen-bond donors (Lipinski definition) is 1. The molecule has 0 aliphatic heterocycles. The topological polar surface area (TPSA) is 63.6 Å². The molecule has 206 valence electrons. The van der Waals surface area contributed by atoms with Gasteiger partial charge in [0.25, 0.3) is 0 Å². The SMILES string of the molecule is O=S(=O)(O)OCC(F)(F)C(F)(F)C(F)(F)C(F)(F)C(F)(F)C(F)(F)C(F)(F)C(F)(F)C(F)(F)F. The van der Waals surface area contributed by atoms with E-state index in [0.29, 0.717) is 0 Å². The molecule has 0 amide bonds. The molecule has 0 aromatic heterocycles. The van der Waals surface area contributed by atoms with Gasteiger partial charge in [-0.05, 0) is 0 Å². The molecule has 0 saturated heterocycles. The minimum absolute atomic E-state index is 2.42. The molecule has 34 heavy (non-hydrogen) atoms. The van der Waals surface area contributed by atoms with Crippen molar-refractivity contribution < 1.29 is 101 Å². The van der Waals surface area contributed by atoms with Crippen LogP contribution in [0, 0.1) is 0 Å². The summed E-state index contributed by atoms with van der Waals surface area (Å²) >= 11 is 0. The number of halogens is 19. The highest BCUT2D eigenvalue weighted by atomic mass is 32.3. The molecule has 0 aliphatic rings. The standard InChI is InChI=1S/C10H3F19O4S/c11-2(12,1-33-34(30,31)32)3(13,14)4(15,16)5(17,18)6(19,20)7(21,22)8(23,24)9(25,26)10(27,28)29/h1H2,(H,30,31,32). The largest absolute Gasteiger partial charge is 0.460 e. The molecule has 0 atom stereocenters. The van der Waals surface area contributed by atoms with E-state index in [0.717, 1.165) is 0 Å². The predicted octanol–water partition coefficient (Wildman–Crippen LogP) is 5.45. The number of hydrogen-bond acceptors (Lipinski definition) is 3. The Balaban J connectivity index is 6.82. The molecule has 0 aromatic rings. The van der Waals surface area contributed by atoms with E-state index >= 15 is 0 Å². The first-order valence-electron chi connectivity index (χ1n) is 6.92. The van der Waals surface area contributed by atoms with Crippen molar-refractivity contribution in [3.05, 3.63) is 0 Å². The van der Waals surface area contributed by atoms with Crippen LogP contribution in [0.4, 0.5) is 83.4 Å². The summed E-state index contributed by atoms with van der Waals surface area (Å²) in [7, 11) is -6.30. The van der Waals surface area contributed by atoms with Crippen molar-refractivity contribution in [3.63, 3.8) is 0 Å². The predicted molar refractivity (Wildman–Crippen MR) is 63.1 cm³/mol. The van der Waals surface area contributed by atoms with E-state index in [2.05, 4.69) is 4.18 Å². The zero-order chi connectivity index (χ0) is 28.4. The maximum Gasteiger partial charge on any atom is 0.460 e. The van der Waals surface area contributed by atoms with E-state index in [4.69, 9.17) is 4.55 Å². The Bertz CT molecular complexity index is 857. The van der Waals surface area contributed by atoms with Crippen LogP contribution in [0.15, 0.2) is 0 Å². The van der Waals surface area contributed by atoms with Gasteiger partial charge in [-0.25, -0.2) is 4.18 Å². The smallest absolute Gasteiger partial charge is 0.264 e. The van der Waals surface area contributed by atoms with Gasteiger partial charge in [-0.1, -0.05) is 0 Å². The molecule has 24 heteroatoms. The lowest BCUT2D eigenvalue weighted by Crippen LogP contribution is -2.76. The van der Waals surface area contributed by atoms with Crippen LogP contribution in [0.25, 0.3) is 0 Å². The van der Waals surface area contributed by atoms with Crippen molar-refractivity contribution in [3.8, 4) is 0 Å². The van der Waals surface area contributed by atoms with Gasteiger partial charge in [0.2, 0.25) is 0 Å². The van der Waals surface area contributed by atoms with Crippen molar-refractivity contribution >= 4 is 10.4 Å². The fraction of sp³-hybridized carbons (Fsp3) is 1.00. The second-order valence-electron chi connectivity index (χ2n) is 5.91. The second-order valence-corrected chi connectivity index (χ2v) is 7.00. The summed E-state index contributed by atoms with van der Waals surface area (Å²) < 4.78 is 276. The van der Waals surface area contributed by atoms with Gasteiger partial charge < -0.3 is 0 Å². The van der Waals surface area contributed by atoms with E-state index in [-0.39, 0.29) is 0 Å². The zero-order valence-corrected chi connectivity index (χ0v) is 15.3. The molecule has 0 aliphatic carbocycles. The molecular formula is C10H3F19O4S. The summed E-state index contributed by atoms with van der Waals surface area (Å²) in [5.41, 5.74) is 0. The summed E-state index contributed by atoms with van der Waals surface area (Å²) in [5, 5.41) is 0. The lowest BCUT2D eigenvalue weighted by atomic mass is 9.87. The van der Waals surface area contributed by atoms with E-state index in [1.165, 1.54) is 0 Å². The van der Waals surface area contributed by atoms with Crippen LogP contribution in [-0.2, 0) is 14.6 Å². The first kappa shape index (κ1) is 32.5. The summed E-state index contributed by atoms with van der Waals surface area (Å²) in [5.74, 6) is -68.5. The summed E-state index contributed by atoms with van der Waals surface area (Å²) in [4.78, 5) is 0. The summed E-state index contributed by atoms with van der Waals surface area (Å²) in [6, 6.07) is 0. The van der Waals surface area contributed by atoms with Crippen molar-refractivity contribution in [2.45, 2.75) is 53.6 Å². The molecule has 0 bridgehead atoms. The normalized spacial score (nSPS) is 16.7. The van der Waals surface area contributed by atoms with E-state index in [1.54, 1.807) is 0 Å². The number of alkyl halides is 19. The van der Waals surface area contributed by atoms with Crippen molar-refractivity contribution in [2.24, 2.45) is 0 Å². The Kier molecular flexibility index (Phi) is 7.68. The Labute approximate surface area is 172 Å². The molecule has 0 heterocycles. The summed E-state index contributed by atoms with van der Waals surface area (Å²) in [6.07, 6.45) is -7.97. The molecule has 0 saturated carbocycles.